The number of halogens is 1. The zero-order valence-electron chi connectivity index (χ0n) is 16.5. The Kier molecular flexibility index (Phi) is 6.86. The lowest BCUT2D eigenvalue weighted by molar-refractivity contribution is -0.115. The minimum Gasteiger partial charge on any atom is -0.476 e. The van der Waals surface area contributed by atoms with E-state index < -0.39 is 0 Å². The van der Waals surface area contributed by atoms with E-state index in [2.05, 4.69) is 20.6 Å². The number of hydrogen-bond acceptors (Lipinski definition) is 6. The maximum Gasteiger partial charge on any atom is 0.232 e. The van der Waals surface area contributed by atoms with Gasteiger partial charge in [0, 0.05) is 36.6 Å². The summed E-state index contributed by atoms with van der Waals surface area (Å²) in [6.07, 6.45) is 9.65. The maximum atomic E-state index is 12.5. The second-order valence-electron chi connectivity index (χ2n) is 7.47. The Hall–Kier alpha value is -2.18. The fourth-order valence-corrected chi connectivity index (χ4v) is 3.09. The minimum absolute atomic E-state index is 0.0273. The highest BCUT2D eigenvalue weighted by Crippen LogP contribution is 2.31. The second kappa shape index (κ2) is 9.34. The molecule has 1 aliphatic heterocycles. The van der Waals surface area contributed by atoms with Crippen LogP contribution in [0.4, 0.5) is 0 Å². The van der Waals surface area contributed by atoms with Crippen LogP contribution in [0.3, 0.4) is 0 Å². The summed E-state index contributed by atoms with van der Waals surface area (Å²) >= 11 is 6.29. The molecule has 1 aliphatic carbocycles. The molecule has 0 bridgehead atoms. The number of carbonyl (C=O) groups excluding carboxylic acids is 1. The number of carbonyl (C=O) groups is 1. The van der Waals surface area contributed by atoms with E-state index in [1.54, 1.807) is 12.4 Å². The lowest BCUT2D eigenvalue weighted by atomic mass is 9.93. The van der Waals surface area contributed by atoms with Crippen LogP contribution in [-0.2, 0) is 11.3 Å². The van der Waals surface area contributed by atoms with Crippen LogP contribution in [-0.4, -0.2) is 36.2 Å². The fourth-order valence-electron chi connectivity index (χ4n) is 2.85. The Bertz CT molecular complexity index is 813. The Morgan fingerprint density at radius 2 is 2.21 bits per heavy atom. The number of Topliss-reactive ketones (excluding diaryl/α,β-unsaturated/α-hetero) is 1. The average molecular weight is 403 g/mol. The van der Waals surface area contributed by atoms with Crippen molar-refractivity contribution < 1.29 is 9.53 Å². The first kappa shape index (κ1) is 20.6. The number of aliphatic imine (C=N–C) groups is 1. The molecule has 1 aromatic heterocycles. The summed E-state index contributed by atoms with van der Waals surface area (Å²) in [5.41, 5.74) is 2.25. The SMILES string of the molecule is CNC1C=CN=C(C(=O)C(C)C)/C1=C/NCc1cnc(OCC2CC2)c(Cl)c1. The number of aromatic nitrogens is 1. The zero-order chi connectivity index (χ0) is 20.1. The first-order valence-electron chi connectivity index (χ1n) is 9.66. The smallest absolute Gasteiger partial charge is 0.232 e. The first-order valence-corrected chi connectivity index (χ1v) is 10.0. The standard InChI is InChI=1S/C21H27ClN4O2/c1-13(2)20(27)19-16(18(23-3)6-7-25-19)11-24-9-15-8-17(22)21(26-10-15)28-12-14-4-5-14/h6-8,10-11,13-14,18,23-24H,4-5,9,12H2,1-3H3/b16-11+. The fraction of sp³-hybridized carbons (Fsp3) is 0.476. The Morgan fingerprint density at radius 1 is 1.43 bits per heavy atom. The van der Waals surface area contributed by atoms with Gasteiger partial charge in [0.2, 0.25) is 5.88 Å². The van der Waals surface area contributed by atoms with E-state index >= 15 is 0 Å². The number of nitrogens with zero attached hydrogens (tertiary/aromatic N) is 2. The molecule has 1 aromatic rings. The summed E-state index contributed by atoms with van der Waals surface area (Å²) in [5, 5.41) is 6.96. The number of ketones is 1. The van der Waals surface area contributed by atoms with Crippen molar-refractivity contribution in [3.63, 3.8) is 0 Å². The van der Waals surface area contributed by atoms with E-state index in [0.717, 1.165) is 11.1 Å². The van der Waals surface area contributed by atoms with Gasteiger partial charge < -0.3 is 15.4 Å². The van der Waals surface area contributed by atoms with Gasteiger partial charge in [-0.15, -0.1) is 0 Å². The summed E-state index contributed by atoms with van der Waals surface area (Å²) in [7, 11) is 1.86. The third-order valence-corrected chi connectivity index (χ3v) is 5.01. The largest absolute Gasteiger partial charge is 0.476 e. The van der Waals surface area contributed by atoms with Gasteiger partial charge in [0.15, 0.2) is 5.78 Å². The van der Waals surface area contributed by atoms with Crippen LogP contribution >= 0.6 is 11.6 Å². The van der Waals surface area contributed by atoms with Crippen molar-refractivity contribution in [1.82, 2.24) is 15.6 Å². The Balaban J connectivity index is 1.65. The van der Waals surface area contributed by atoms with E-state index in [1.165, 1.54) is 12.8 Å². The van der Waals surface area contributed by atoms with Gasteiger partial charge in [0.05, 0.1) is 12.6 Å². The Labute approximate surface area is 171 Å². The number of pyridine rings is 1. The maximum absolute atomic E-state index is 12.5. The summed E-state index contributed by atoms with van der Waals surface area (Å²) in [5.74, 6) is 1.05. The quantitative estimate of drug-likeness (QED) is 0.663. The average Bonchev–Trinajstić information content (AvgIpc) is 3.51. The second-order valence-corrected chi connectivity index (χ2v) is 7.88. The molecule has 28 heavy (non-hydrogen) atoms. The molecule has 7 heteroatoms. The van der Waals surface area contributed by atoms with Crippen molar-refractivity contribution in [2.24, 2.45) is 16.8 Å². The number of hydrogen-bond donors (Lipinski definition) is 2. The van der Waals surface area contributed by atoms with Crippen LogP contribution in [0.5, 0.6) is 5.88 Å². The lowest BCUT2D eigenvalue weighted by Crippen LogP contribution is -2.36. The highest BCUT2D eigenvalue weighted by atomic mass is 35.5. The minimum atomic E-state index is -0.114. The third-order valence-electron chi connectivity index (χ3n) is 4.74. The lowest BCUT2D eigenvalue weighted by Gasteiger charge is -2.21. The van der Waals surface area contributed by atoms with Crippen LogP contribution in [0.25, 0.3) is 0 Å². The zero-order valence-corrected chi connectivity index (χ0v) is 17.3. The van der Waals surface area contributed by atoms with Gasteiger partial charge >= 0.3 is 0 Å². The first-order chi connectivity index (χ1) is 13.5. The molecule has 0 spiro atoms. The van der Waals surface area contributed by atoms with E-state index in [0.29, 0.717) is 35.7 Å². The molecule has 1 saturated carbocycles. The van der Waals surface area contributed by atoms with E-state index in [4.69, 9.17) is 16.3 Å². The van der Waals surface area contributed by atoms with Crippen molar-refractivity contribution in [2.75, 3.05) is 13.7 Å². The van der Waals surface area contributed by atoms with Gasteiger partial charge in [-0.3, -0.25) is 9.79 Å². The van der Waals surface area contributed by atoms with E-state index in [1.807, 2.05) is 39.2 Å². The number of ether oxygens (including phenoxy) is 1. The van der Waals surface area contributed by atoms with Gasteiger partial charge in [-0.05, 0) is 43.5 Å². The summed E-state index contributed by atoms with van der Waals surface area (Å²) in [4.78, 5) is 21.1. The highest BCUT2D eigenvalue weighted by Gasteiger charge is 2.26. The van der Waals surface area contributed by atoms with Crippen molar-refractivity contribution >= 4 is 23.1 Å². The molecule has 2 N–H and O–H groups in total. The molecule has 2 aliphatic rings. The molecule has 0 aromatic carbocycles. The molecule has 0 radical (unpaired) electrons. The Morgan fingerprint density at radius 3 is 2.86 bits per heavy atom. The molecule has 1 atom stereocenters. The molecule has 1 unspecified atom stereocenters. The summed E-state index contributed by atoms with van der Waals surface area (Å²) < 4.78 is 5.66. The van der Waals surface area contributed by atoms with Gasteiger partial charge in [0.1, 0.15) is 10.7 Å². The molecule has 0 saturated heterocycles. The van der Waals surface area contributed by atoms with Crippen molar-refractivity contribution in [3.8, 4) is 5.88 Å². The number of nitrogens with one attached hydrogen (secondary N) is 2. The van der Waals surface area contributed by atoms with Crippen LogP contribution in [0.15, 0.2) is 41.3 Å². The number of rotatable bonds is 9. The number of likely N-dealkylation sites (N-methyl/N-ethyl adjacent to an activating group) is 1. The third kappa shape index (κ3) is 5.20. The van der Waals surface area contributed by atoms with Gasteiger partial charge in [-0.2, -0.15) is 0 Å². The van der Waals surface area contributed by atoms with Crippen LogP contribution < -0.4 is 15.4 Å². The van der Waals surface area contributed by atoms with Crippen molar-refractivity contribution in [1.29, 1.82) is 0 Å². The topological polar surface area (TPSA) is 75.6 Å². The van der Waals surface area contributed by atoms with Gasteiger partial charge in [-0.1, -0.05) is 25.4 Å². The monoisotopic (exact) mass is 402 g/mol. The van der Waals surface area contributed by atoms with Gasteiger partial charge in [0.25, 0.3) is 0 Å². The summed E-state index contributed by atoms with van der Waals surface area (Å²) in [6, 6.07) is 1.79. The molecule has 1 fully saturated rings. The molecule has 0 amide bonds. The molecule has 2 heterocycles. The molecule has 150 valence electrons. The van der Waals surface area contributed by atoms with E-state index in [-0.39, 0.29) is 17.7 Å². The van der Waals surface area contributed by atoms with Crippen LogP contribution in [0.2, 0.25) is 5.02 Å². The van der Waals surface area contributed by atoms with Gasteiger partial charge in [-0.25, -0.2) is 4.98 Å². The summed E-state index contributed by atoms with van der Waals surface area (Å²) in [6.45, 7) is 4.97. The molecular weight excluding hydrogens is 376 g/mol. The van der Waals surface area contributed by atoms with Crippen LogP contribution in [0, 0.1) is 11.8 Å². The predicted octanol–water partition coefficient (Wildman–Crippen LogP) is 3.28. The van der Waals surface area contributed by atoms with E-state index in [9.17, 15) is 4.79 Å². The predicted molar refractivity (Wildman–Crippen MR) is 112 cm³/mol. The normalized spacial score (nSPS) is 20.4. The highest BCUT2D eigenvalue weighted by molar-refractivity contribution is 6.47. The molecule has 3 rings (SSSR count). The van der Waals surface area contributed by atoms with Crippen LogP contribution in [0.1, 0.15) is 32.3 Å². The van der Waals surface area contributed by atoms with Crippen molar-refractivity contribution in [3.05, 3.63) is 46.9 Å². The molecule has 6 nitrogen and oxygen atoms in total. The van der Waals surface area contributed by atoms with Crippen molar-refractivity contribution in [2.45, 2.75) is 39.3 Å². The molecular formula is C21H27ClN4O2.